The van der Waals surface area contributed by atoms with Gasteiger partial charge >= 0.3 is 0 Å². The predicted molar refractivity (Wildman–Crippen MR) is 38.9 cm³/mol. The number of aliphatic hydroxyl groups is 1. The third-order valence-electron chi connectivity index (χ3n) is 2.06. The lowest BCUT2D eigenvalue weighted by molar-refractivity contribution is 0.0215. The summed E-state index contributed by atoms with van der Waals surface area (Å²) in [6, 6.07) is 0. The number of aliphatic hydroxyl groups excluding tert-OH is 1. The summed E-state index contributed by atoms with van der Waals surface area (Å²) in [6.45, 7) is 4.71. The standard InChI is InChI=1S/C7H15NO2/c1-3-8-4-6(9)7(5-8)10-2/h6-7,9H,3-5H2,1-2H3/t6-,7+/m0/s1. The predicted octanol–water partition coefficient (Wildman–Crippen LogP) is -0.302. The van der Waals surface area contributed by atoms with Gasteiger partial charge in [-0.15, -0.1) is 0 Å². The molecule has 1 N–H and O–H groups in total. The molecule has 0 aliphatic carbocycles. The third-order valence-corrected chi connectivity index (χ3v) is 2.06. The zero-order valence-electron chi connectivity index (χ0n) is 6.58. The number of methoxy groups -OCH3 is 1. The lowest BCUT2D eigenvalue weighted by atomic mass is 10.3. The first kappa shape index (κ1) is 7.98. The van der Waals surface area contributed by atoms with Gasteiger partial charge in [-0.05, 0) is 6.54 Å². The van der Waals surface area contributed by atoms with Gasteiger partial charge in [-0.1, -0.05) is 6.92 Å². The Balaban J connectivity index is 2.36. The van der Waals surface area contributed by atoms with Crippen LogP contribution in [0.25, 0.3) is 0 Å². The Morgan fingerprint density at radius 2 is 2.30 bits per heavy atom. The molecule has 3 heteroatoms. The average molecular weight is 145 g/mol. The van der Waals surface area contributed by atoms with Crippen molar-refractivity contribution in [2.24, 2.45) is 0 Å². The minimum Gasteiger partial charge on any atom is -0.389 e. The molecule has 1 fully saturated rings. The Hall–Kier alpha value is -0.120. The van der Waals surface area contributed by atoms with E-state index in [1.54, 1.807) is 7.11 Å². The van der Waals surface area contributed by atoms with Gasteiger partial charge in [0, 0.05) is 20.2 Å². The molecule has 0 radical (unpaired) electrons. The number of likely N-dealkylation sites (N-methyl/N-ethyl adjacent to an activating group) is 1. The number of rotatable bonds is 2. The van der Waals surface area contributed by atoms with Crippen molar-refractivity contribution >= 4 is 0 Å². The van der Waals surface area contributed by atoms with Gasteiger partial charge in [0.05, 0.1) is 12.2 Å². The second kappa shape index (κ2) is 3.32. The molecule has 2 atom stereocenters. The molecule has 1 aliphatic heterocycles. The van der Waals surface area contributed by atoms with E-state index in [1.807, 2.05) is 0 Å². The molecule has 0 aromatic rings. The van der Waals surface area contributed by atoms with E-state index in [4.69, 9.17) is 4.74 Å². The fraction of sp³-hybridized carbons (Fsp3) is 1.00. The van der Waals surface area contributed by atoms with Crippen LogP contribution in [0.4, 0.5) is 0 Å². The van der Waals surface area contributed by atoms with Crippen molar-refractivity contribution in [3.05, 3.63) is 0 Å². The van der Waals surface area contributed by atoms with E-state index in [0.717, 1.165) is 19.6 Å². The monoisotopic (exact) mass is 145 g/mol. The molecule has 0 bridgehead atoms. The van der Waals surface area contributed by atoms with Gasteiger partial charge in [0.2, 0.25) is 0 Å². The van der Waals surface area contributed by atoms with Gasteiger partial charge in [-0.2, -0.15) is 0 Å². The molecule has 1 rings (SSSR count). The Bertz CT molecular complexity index is 108. The van der Waals surface area contributed by atoms with Gasteiger partial charge in [0.25, 0.3) is 0 Å². The van der Waals surface area contributed by atoms with Gasteiger partial charge in [0.15, 0.2) is 0 Å². The summed E-state index contributed by atoms with van der Waals surface area (Å²) in [5.74, 6) is 0. The Labute approximate surface area is 61.6 Å². The van der Waals surface area contributed by atoms with Crippen LogP contribution < -0.4 is 0 Å². The minimum atomic E-state index is -0.287. The van der Waals surface area contributed by atoms with Crippen molar-refractivity contribution in [3.63, 3.8) is 0 Å². The van der Waals surface area contributed by atoms with Gasteiger partial charge in [-0.25, -0.2) is 0 Å². The summed E-state index contributed by atoms with van der Waals surface area (Å²) in [4.78, 5) is 2.18. The smallest absolute Gasteiger partial charge is 0.0969 e. The largest absolute Gasteiger partial charge is 0.389 e. The summed E-state index contributed by atoms with van der Waals surface area (Å²) in [6.07, 6.45) is -0.259. The third kappa shape index (κ3) is 1.48. The molecule has 0 spiro atoms. The van der Waals surface area contributed by atoms with E-state index < -0.39 is 0 Å². The maximum atomic E-state index is 9.32. The number of ether oxygens (including phenoxy) is 1. The zero-order chi connectivity index (χ0) is 7.56. The Morgan fingerprint density at radius 3 is 2.60 bits per heavy atom. The fourth-order valence-corrected chi connectivity index (χ4v) is 1.32. The molecule has 0 aromatic heterocycles. The SMILES string of the molecule is CCN1C[C@H](O)[C@H](OC)C1. The molecule has 10 heavy (non-hydrogen) atoms. The Morgan fingerprint density at radius 1 is 1.60 bits per heavy atom. The lowest BCUT2D eigenvalue weighted by Gasteiger charge is -2.10. The van der Waals surface area contributed by atoms with Crippen LogP contribution in [0.5, 0.6) is 0 Å². The normalized spacial score (nSPS) is 35.1. The number of likely N-dealkylation sites (tertiary alicyclic amines) is 1. The van der Waals surface area contributed by atoms with Crippen LogP contribution >= 0.6 is 0 Å². The van der Waals surface area contributed by atoms with Crippen LogP contribution in [0.15, 0.2) is 0 Å². The topological polar surface area (TPSA) is 32.7 Å². The summed E-state index contributed by atoms with van der Waals surface area (Å²) in [7, 11) is 1.65. The highest BCUT2D eigenvalue weighted by atomic mass is 16.5. The van der Waals surface area contributed by atoms with Crippen molar-refractivity contribution in [3.8, 4) is 0 Å². The van der Waals surface area contributed by atoms with Crippen molar-refractivity contribution < 1.29 is 9.84 Å². The molecule has 0 saturated carbocycles. The first-order valence-corrected chi connectivity index (χ1v) is 3.71. The molecule has 3 nitrogen and oxygen atoms in total. The molecule has 60 valence electrons. The highest BCUT2D eigenvalue weighted by molar-refractivity contribution is 4.83. The summed E-state index contributed by atoms with van der Waals surface area (Å²) in [5.41, 5.74) is 0. The van der Waals surface area contributed by atoms with Crippen molar-refractivity contribution in [1.82, 2.24) is 4.90 Å². The second-order valence-electron chi connectivity index (χ2n) is 2.69. The zero-order valence-corrected chi connectivity index (χ0v) is 6.58. The Kier molecular flexibility index (Phi) is 2.65. The average Bonchev–Trinajstić information content (AvgIpc) is 2.30. The fourth-order valence-electron chi connectivity index (χ4n) is 1.32. The van der Waals surface area contributed by atoms with Crippen molar-refractivity contribution in [2.75, 3.05) is 26.7 Å². The van der Waals surface area contributed by atoms with E-state index in [0.29, 0.717) is 0 Å². The van der Waals surface area contributed by atoms with Crippen LogP contribution in [0.3, 0.4) is 0 Å². The second-order valence-corrected chi connectivity index (χ2v) is 2.69. The first-order chi connectivity index (χ1) is 4.77. The van der Waals surface area contributed by atoms with E-state index in [9.17, 15) is 5.11 Å². The molecule has 0 amide bonds. The maximum absolute atomic E-state index is 9.32. The summed E-state index contributed by atoms with van der Waals surface area (Å²) >= 11 is 0. The highest BCUT2D eigenvalue weighted by Gasteiger charge is 2.29. The number of hydrogen-bond donors (Lipinski definition) is 1. The van der Waals surface area contributed by atoms with E-state index in [-0.39, 0.29) is 12.2 Å². The van der Waals surface area contributed by atoms with Crippen LogP contribution in [0.2, 0.25) is 0 Å². The molecule has 0 aromatic carbocycles. The van der Waals surface area contributed by atoms with Gasteiger partial charge in [-0.3, -0.25) is 4.90 Å². The molecular formula is C7H15NO2. The number of hydrogen-bond acceptors (Lipinski definition) is 3. The van der Waals surface area contributed by atoms with E-state index in [2.05, 4.69) is 11.8 Å². The van der Waals surface area contributed by atoms with E-state index in [1.165, 1.54) is 0 Å². The molecular weight excluding hydrogens is 130 g/mol. The minimum absolute atomic E-state index is 0.0277. The van der Waals surface area contributed by atoms with Gasteiger partial charge in [0.1, 0.15) is 0 Å². The van der Waals surface area contributed by atoms with Crippen LogP contribution in [-0.4, -0.2) is 49.0 Å². The van der Waals surface area contributed by atoms with Crippen LogP contribution in [0.1, 0.15) is 6.92 Å². The van der Waals surface area contributed by atoms with E-state index >= 15 is 0 Å². The highest BCUT2D eigenvalue weighted by Crippen LogP contribution is 2.11. The molecule has 1 saturated heterocycles. The maximum Gasteiger partial charge on any atom is 0.0969 e. The van der Waals surface area contributed by atoms with Crippen molar-refractivity contribution in [2.45, 2.75) is 19.1 Å². The lowest BCUT2D eigenvalue weighted by Crippen LogP contribution is -2.25. The quantitative estimate of drug-likeness (QED) is 0.579. The van der Waals surface area contributed by atoms with Crippen LogP contribution in [-0.2, 0) is 4.74 Å². The first-order valence-electron chi connectivity index (χ1n) is 3.71. The van der Waals surface area contributed by atoms with Crippen LogP contribution in [0, 0.1) is 0 Å². The summed E-state index contributed by atoms with van der Waals surface area (Å²) in [5, 5.41) is 9.32. The van der Waals surface area contributed by atoms with Gasteiger partial charge < -0.3 is 9.84 Å². The molecule has 1 heterocycles. The van der Waals surface area contributed by atoms with Crippen molar-refractivity contribution in [1.29, 1.82) is 0 Å². The molecule has 0 unspecified atom stereocenters. The molecule has 1 aliphatic rings. The number of nitrogens with zero attached hydrogens (tertiary/aromatic N) is 1. The summed E-state index contributed by atoms with van der Waals surface area (Å²) < 4.78 is 5.06. The number of β-amino-alcohol motifs (C(OH)–C–C–N with tert-alkyl or cyclic N) is 1.